The van der Waals surface area contributed by atoms with Crippen molar-refractivity contribution in [3.05, 3.63) is 35.4 Å². The predicted octanol–water partition coefficient (Wildman–Crippen LogP) is 0.0772. The van der Waals surface area contributed by atoms with Crippen molar-refractivity contribution < 1.29 is 61.3 Å². The fourth-order valence-corrected chi connectivity index (χ4v) is 1.56. The predicted molar refractivity (Wildman–Crippen MR) is 61.0 cm³/mol. The molecule has 0 fully saturated rings. The topological polar surface area (TPSA) is 37.3 Å². The van der Waals surface area contributed by atoms with Crippen LogP contribution < -0.4 is 51.4 Å². The molecule has 0 saturated heterocycles. The minimum Gasteiger partial charge on any atom is -0.481 e. The van der Waals surface area contributed by atoms with Gasteiger partial charge in [-0.05, 0) is 30.4 Å². The summed E-state index contributed by atoms with van der Waals surface area (Å²) in [6, 6.07) is 7.87. The molecule has 0 radical (unpaired) electrons. The molecule has 1 rings (SSSR count). The molecule has 16 heavy (non-hydrogen) atoms. The van der Waals surface area contributed by atoms with E-state index in [2.05, 4.69) is 13.8 Å². The molecule has 0 aliphatic heterocycles. The molecule has 1 N–H and O–H groups in total. The summed E-state index contributed by atoms with van der Waals surface area (Å²) in [6.45, 7) is 6.06. The van der Waals surface area contributed by atoms with Gasteiger partial charge in [0.2, 0.25) is 0 Å². The second kappa shape index (κ2) is 7.61. The maximum absolute atomic E-state index is 10.8. The molecule has 1 aromatic rings. The monoisotopic (exact) mass is 245 g/mol. The normalized spacial score (nSPS) is 12.0. The number of carboxylic acids is 1. The second-order valence-electron chi connectivity index (χ2n) is 4.40. The molecule has 1 atom stereocenters. The molecule has 0 aromatic heterocycles. The number of hydrogen-bond donors (Lipinski definition) is 1. The Labute approximate surface area is 140 Å². The van der Waals surface area contributed by atoms with Crippen LogP contribution in [0.15, 0.2) is 24.3 Å². The molecule has 82 valence electrons. The van der Waals surface area contributed by atoms with Gasteiger partial charge in [0.15, 0.2) is 0 Å². The van der Waals surface area contributed by atoms with Crippen molar-refractivity contribution in [1.82, 2.24) is 0 Å². The van der Waals surface area contributed by atoms with Crippen molar-refractivity contribution >= 4 is 5.97 Å². The molecule has 0 amide bonds. The molecule has 1 unspecified atom stereocenters. The third-order valence-corrected chi connectivity index (χ3v) is 2.49. The summed E-state index contributed by atoms with van der Waals surface area (Å²) in [7, 11) is 0. The van der Waals surface area contributed by atoms with Crippen LogP contribution in [0.1, 0.15) is 37.8 Å². The second-order valence-corrected chi connectivity index (χ2v) is 4.40. The molecule has 0 saturated carbocycles. The van der Waals surface area contributed by atoms with Crippen molar-refractivity contribution in [2.24, 2.45) is 5.92 Å². The molecular formula is C13H18KO2+. The number of hydrogen-bond acceptors (Lipinski definition) is 1. The summed E-state index contributed by atoms with van der Waals surface area (Å²) < 4.78 is 0. The Bertz CT molecular complexity index is 330. The quantitative estimate of drug-likeness (QED) is 0.763. The molecule has 0 spiro atoms. The summed E-state index contributed by atoms with van der Waals surface area (Å²) in [5.74, 6) is -0.558. The smallest absolute Gasteiger partial charge is 0.481 e. The van der Waals surface area contributed by atoms with E-state index in [9.17, 15) is 4.79 Å². The van der Waals surface area contributed by atoms with Gasteiger partial charge in [-0.15, -0.1) is 0 Å². The minimum absolute atomic E-state index is 0. The fourth-order valence-electron chi connectivity index (χ4n) is 1.56. The van der Waals surface area contributed by atoms with Gasteiger partial charge in [-0.1, -0.05) is 38.1 Å². The zero-order valence-corrected chi connectivity index (χ0v) is 13.6. The van der Waals surface area contributed by atoms with Crippen LogP contribution in [0.2, 0.25) is 0 Å². The van der Waals surface area contributed by atoms with Gasteiger partial charge in [-0.3, -0.25) is 4.79 Å². The molecule has 0 heterocycles. The summed E-state index contributed by atoms with van der Waals surface area (Å²) in [4.78, 5) is 10.8. The van der Waals surface area contributed by atoms with Crippen LogP contribution in [0.3, 0.4) is 0 Å². The van der Waals surface area contributed by atoms with Gasteiger partial charge in [0.25, 0.3) is 0 Å². The van der Waals surface area contributed by atoms with Crippen LogP contribution in [-0.2, 0) is 11.2 Å². The SMILES string of the molecule is CC(C)Cc1ccc(C(C)C(=O)O)cc1.[K+]. The first-order valence-electron chi connectivity index (χ1n) is 5.32. The summed E-state index contributed by atoms with van der Waals surface area (Å²) in [5.41, 5.74) is 2.14. The van der Waals surface area contributed by atoms with E-state index in [4.69, 9.17) is 5.11 Å². The van der Waals surface area contributed by atoms with Crippen LogP contribution in [-0.4, -0.2) is 11.1 Å². The maximum Gasteiger partial charge on any atom is 1.00 e. The van der Waals surface area contributed by atoms with Gasteiger partial charge >= 0.3 is 57.4 Å². The Morgan fingerprint density at radius 1 is 1.19 bits per heavy atom. The molecule has 3 heteroatoms. The van der Waals surface area contributed by atoms with E-state index < -0.39 is 11.9 Å². The van der Waals surface area contributed by atoms with E-state index in [1.165, 1.54) is 5.56 Å². The first-order valence-corrected chi connectivity index (χ1v) is 5.32. The Balaban J connectivity index is 0.00000225. The number of carboxylic acid groups (broad SMARTS) is 1. The zero-order valence-electron chi connectivity index (χ0n) is 10.5. The average molecular weight is 245 g/mol. The number of carbonyl (C=O) groups is 1. The van der Waals surface area contributed by atoms with Crippen molar-refractivity contribution in [3.63, 3.8) is 0 Å². The van der Waals surface area contributed by atoms with Crippen molar-refractivity contribution in [2.45, 2.75) is 33.1 Å². The molecule has 0 bridgehead atoms. The number of rotatable bonds is 4. The Hall–Kier alpha value is 0.326. The van der Waals surface area contributed by atoms with E-state index in [0.29, 0.717) is 5.92 Å². The first-order chi connectivity index (χ1) is 7.00. The number of aliphatic carboxylic acids is 1. The van der Waals surface area contributed by atoms with E-state index in [0.717, 1.165) is 12.0 Å². The van der Waals surface area contributed by atoms with Gasteiger partial charge in [0.05, 0.1) is 5.92 Å². The van der Waals surface area contributed by atoms with E-state index >= 15 is 0 Å². The van der Waals surface area contributed by atoms with Crippen molar-refractivity contribution in [1.29, 1.82) is 0 Å². The Morgan fingerprint density at radius 3 is 2.06 bits per heavy atom. The summed E-state index contributed by atoms with van der Waals surface area (Å²) in [6.07, 6.45) is 1.04. The Kier molecular flexibility index (Phi) is 7.77. The van der Waals surface area contributed by atoms with Crippen LogP contribution in [0.5, 0.6) is 0 Å². The standard InChI is InChI=1S/C13H18O2.K/c1-9(2)8-11-4-6-12(7-5-11)10(3)13(14)15;/h4-7,9-10H,8H2,1-3H3,(H,14,15);/q;+1. The largest absolute Gasteiger partial charge is 1.00 e. The zero-order chi connectivity index (χ0) is 11.4. The molecule has 2 nitrogen and oxygen atoms in total. The van der Waals surface area contributed by atoms with E-state index in [-0.39, 0.29) is 51.4 Å². The van der Waals surface area contributed by atoms with Crippen LogP contribution in [0.25, 0.3) is 0 Å². The van der Waals surface area contributed by atoms with Crippen molar-refractivity contribution in [2.75, 3.05) is 0 Å². The molecule has 0 aliphatic carbocycles. The third-order valence-electron chi connectivity index (χ3n) is 2.49. The first kappa shape index (κ1) is 16.3. The molecule has 0 aliphatic rings. The third kappa shape index (κ3) is 5.10. The van der Waals surface area contributed by atoms with E-state index in [1.54, 1.807) is 6.92 Å². The van der Waals surface area contributed by atoms with Crippen molar-refractivity contribution in [3.8, 4) is 0 Å². The fraction of sp³-hybridized carbons (Fsp3) is 0.462. The van der Waals surface area contributed by atoms with Gasteiger partial charge in [0.1, 0.15) is 0 Å². The van der Waals surface area contributed by atoms with Gasteiger partial charge in [0, 0.05) is 0 Å². The summed E-state index contributed by atoms with van der Waals surface area (Å²) >= 11 is 0. The van der Waals surface area contributed by atoms with Gasteiger partial charge in [-0.2, -0.15) is 0 Å². The minimum atomic E-state index is -0.772. The van der Waals surface area contributed by atoms with Crippen LogP contribution in [0, 0.1) is 5.92 Å². The maximum atomic E-state index is 10.8. The molecule has 1 aromatic carbocycles. The van der Waals surface area contributed by atoms with Gasteiger partial charge in [-0.25, -0.2) is 0 Å². The van der Waals surface area contributed by atoms with E-state index in [1.807, 2.05) is 24.3 Å². The Morgan fingerprint density at radius 2 is 1.69 bits per heavy atom. The van der Waals surface area contributed by atoms with Gasteiger partial charge < -0.3 is 5.11 Å². The van der Waals surface area contributed by atoms with Crippen LogP contribution in [0.4, 0.5) is 0 Å². The van der Waals surface area contributed by atoms with Crippen LogP contribution >= 0.6 is 0 Å². The molecular weight excluding hydrogens is 227 g/mol. The average Bonchev–Trinajstić information content (AvgIpc) is 2.17. The number of benzene rings is 1. The summed E-state index contributed by atoms with van der Waals surface area (Å²) in [5, 5.41) is 8.85.